The van der Waals surface area contributed by atoms with E-state index in [1.54, 1.807) is 55.5 Å². The number of hydrogen-bond donors (Lipinski definition) is 0. The van der Waals surface area contributed by atoms with Crippen molar-refractivity contribution in [2.75, 3.05) is 6.61 Å². The summed E-state index contributed by atoms with van der Waals surface area (Å²) in [4.78, 5) is 13.2. The average molecular weight is 425 g/mol. The first-order valence-corrected chi connectivity index (χ1v) is 11.7. The summed E-state index contributed by atoms with van der Waals surface area (Å²) in [5, 5.41) is 1.34. The third-order valence-electron chi connectivity index (χ3n) is 5.32. The minimum absolute atomic E-state index is 0.266. The second-order valence-electron chi connectivity index (χ2n) is 6.87. The maximum absolute atomic E-state index is 14.8. The summed E-state index contributed by atoms with van der Waals surface area (Å²) < 4.78 is 20.3. The predicted molar refractivity (Wildman–Crippen MR) is 112 cm³/mol. The summed E-state index contributed by atoms with van der Waals surface area (Å²) in [6.07, 6.45) is 3.83. The molecule has 3 rings (SSSR count). The van der Waals surface area contributed by atoms with Crippen molar-refractivity contribution in [2.24, 2.45) is 0 Å². The Hall–Kier alpha value is -1.28. The maximum Gasteiger partial charge on any atom is 0.320 e. The quantitative estimate of drug-likeness (QED) is 0.465. The molecule has 0 bridgehead atoms. The summed E-state index contributed by atoms with van der Waals surface area (Å²) in [7, 11) is -3.35. The van der Waals surface area contributed by atoms with Gasteiger partial charge in [-0.2, -0.15) is 0 Å². The van der Waals surface area contributed by atoms with Crippen LogP contribution >= 0.6 is 30.3 Å². The molecule has 2 aromatic rings. The molecular formula is C21H23Cl2O3P. The SMILES string of the molecule is CCOC(=O)C1(P(=O)(c2ccc(Cl)cc2)c2ccc(Cl)cc2)CCCCC1. The molecule has 0 unspecified atom stereocenters. The third kappa shape index (κ3) is 3.70. The number of ether oxygens (including phenoxy) is 1. The summed E-state index contributed by atoms with van der Waals surface area (Å²) in [5.41, 5.74) is 0. The van der Waals surface area contributed by atoms with Crippen LogP contribution < -0.4 is 10.6 Å². The number of esters is 1. The first kappa shape index (κ1) is 20.5. The van der Waals surface area contributed by atoms with Crippen LogP contribution in [0.4, 0.5) is 0 Å². The molecule has 0 atom stereocenters. The number of halogens is 2. The zero-order valence-electron chi connectivity index (χ0n) is 15.3. The van der Waals surface area contributed by atoms with E-state index in [2.05, 4.69) is 0 Å². The molecule has 0 saturated heterocycles. The smallest absolute Gasteiger partial charge is 0.320 e. The van der Waals surface area contributed by atoms with E-state index in [0.29, 0.717) is 33.5 Å². The van der Waals surface area contributed by atoms with Crippen molar-refractivity contribution in [2.45, 2.75) is 44.2 Å². The number of carbonyl (C=O) groups is 1. The Labute approximate surface area is 170 Å². The minimum Gasteiger partial charge on any atom is -0.465 e. The molecule has 0 radical (unpaired) electrons. The highest BCUT2D eigenvalue weighted by Gasteiger charge is 2.56. The van der Waals surface area contributed by atoms with E-state index in [1.807, 2.05) is 0 Å². The van der Waals surface area contributed by atoms with Gasteiger partial charge in [-0.05, 0) is 68.3 Å². The molecule has 3 nitrogen and oxygen atoms in total. The fourth-order valence-corrected chi connectivity index (χ4v) is 7.94. The van der Waals surface area contributed by atoms with Crippen molar-refractivity contribution in [3.8, 4) is 0 Å². The molecule has 2 aromatic carbocycles. The lowest BCUT2D eigenvalue weighted by molar-refractivity contribution is -0.147. The second kappa shape index (κ2) is 8.39. The maximum atomic E-state index is 14.8. The van der Waals surface area contributed by atoms with E-state index in [-0.39, 0.29) is 12.6 Å². The Kier molecular flexibility index (Phi) is 6.35. The highest BCUT2D eigenvalue weighted by molar-refractivity contribution is 7.80. The van der Waals surface area contributed by atoms with Gasteiger partial charge in [0.05, 0.1) is 6.61 Å². The van der Waals surface area contributed by atoms with Crippen LogP contribution in [-0.2, 0) is 14.1 Å². The molecule has 27 heavy (non-hydrogen) atoms. The first-order chi connectivity index (χ1) is 12.9. The average Bonchev–Trinajstić information content (AvgIpc) is 2.69. The zero-order chi connectivity index (χ0) is 19.5. The molecule has 1 aliphatic rings. The van der Waals surface area contributed by atoms with Crippen molar-refractivity contribution in [3.63, 3.8) is 0 Å². The summed E-state index contributed by atoms with van der Waals surface area (Å²) in [6.45, 7) is 2.05. The fraction of sp³-hybridized carbons (Fsp3) is 0.381. The zero-order valence-corrected chi connectivity index (χ0v) is 17.7. The Morgan fingerprint density at radius 1 is 0.926 bits per heavy atom. The number of carbonyl (C=O) groups excluding carboxylic acids is 1. The molecule has 6 heteroatoms. The van der Waals surface area contributed by atoms with Gasteiger partial charge in [-0.3, -0.25) is 4.79 Å². The molecule has 1 saturated carbocycles. The Balaban J connectivity index is 2.26. The lowest BCUT2D eigenvalue weighted by Crippen LogP contribution is -2.47. The normalized spacial score (nSPS) is 16.7. The topological polar surface area (TPSA) is 43.4 Å². The summed E-state index contributed by atoms with van der Waals surface area (Å²) in [5.74, 6) is -0.363. The lowest BCUT2D eigenvalue weighted by Gasteiger charge is -2.41. The number of rotatable bonds is 5. The molecule has 0 aliphatic heterocycles. The molecule has 0 N–H and O–H groups in total. The number of benzene rings is 2. The van der Waals surface area contributed by atoms with Gasteiger partial charge in [0.1, 0.15) is 5.16 Å². The highest BCUT2D eigenvalue weighted by atomic mass is 35.5. The molecule has 1 aliphatic carbocycles. The molecule has 0 amide bonds. The summed E-state index contributed by atoms with van der Waals surface area (Å²) in [6, 6.07) is 14.0. The van der Waals surface area contributed by atoms with Gasteiger partial charge < -0.3 is 9.30 Å². The van der Waals surface area contributed by atoms with Gasteiger partial charge in [-0.1, -0.05) is 42.5 Å². The molecule has 144 valence electrons. The molecule has 0 heterocycles. The highest BCUT2D eigenvalue weighted by Crippen LogP contribution is 2.62. The van der Waals surface area contributed by atoms with Crippen LogP contribution in [0.1, 0.15) is 39.0 Å². The van der Waals surface area contributed by atoms with E-state index >= 15 is 0 Å². The predicted octanol–water partition coefficient (Wildman–Crippen LogP) is 5.57. The fourth-order valence-electron chi connectivity index (χ4n) is 4.00. The van der Waals surface area contributed by atoms with Gasteiger partial charge in [-0.15, -0.1) is 0 Å². The van der Waals surface area contributed by atoms with Gasteiger partial charge in [0.25, 0.3) is 0 Å². The third-order valence-corrected chi connectivity index (χ3v) is 9.71. The van der Waals surface area contributed by atoms with Gasteiger partial charge >= 0.3 is 5.97 Å². The van der Waals surface area contributed by atoms with Crippen molar-refractivity contribution in [1.29, 1.82) is 0 Å². The van der Waals surface area contributed by atoms with E-state index < -0.39 is 12.3 Å². The Bertz CT molecular complexity index is 791. The first-order valence-electron chi connectivity index (χ1n) is 9.24. The van der Waals surface area contributed by atoms with Crippen LogP contribution in [0.25, 0.3) is 0 Å². The summed E-state index contributed by atoms with van der Waals surface area (Å²) >= 11 is 12.1. The van der Waals surface area contributed by atoms with E-state index in [9.17, 15) is 9.36 Å². The molecular weight excluding hydrogens is 402 g/mol. The van der Waals surface area contributed by atoms with Crippen molar-refractivity contribution >= 4 is 46.9 Å². The largest absolute Gasteiger partial charge is 0.465 e. The van der Waals surface area contributed by atoms with Gasteiger partial charge in [0.15, 0.2) is 7.14 Å². The van der Waals surface area contributed by atoms with Crippen molar-refractivity contribution in [1.82, 2.24) is 0 Å². The van der Waals surface area contributed by atoms with E-state index in [1.165, 1.54) is 0 Å². The lowest BCUT2D eigenvalue weighted by atomic mass is 9.88. The van der Waals surface area contributed by atoms with Crippen molar-refractivity contribution < 1.29 is 14.1 Å². The molecule has 1 fully saturated rings. The van der Waals surface area contributed by atoms with Gasteiger partial charge in [0, 0.05) is 20.7 Å². The van der Waals surface area contributed by atoms with Gasteiger partial charge in [-0.25, -0.2) is 0 Å². The van der Waals surface area contributed by atoms with Gasteiger partial charge in [0.2, 0.25) is 0 Å². The van der Waals surface area contributed by atoms with E-state index in [0.717, 1.165) is 19.3 Å². The molecule has 0 spiro atoms. The second-order valence-corrected chi connectivity index (χ2v) is 10.9. The standard InChI is InChI=1S/C21H23Cl2O3P/c1-2-26-20(24)21(14-4-3-5-15-21)27(25,18-10-6-16(22)7-11-18)19-12-8-17(23)9-13-19/h6-13H,2-5,14-15H2,1H3. The number of hydrogen-bond acceptors (Lipinski definition) is 3. The Morgan fingerprint density at radius 2 is 1.37 bits per heavy atom. The Morgan fingerprint density at radius 3 is 1.78 bits per heavy atom. The monoisotopic (exact) mass is 424 g/mol. The molecule has 0 aromatic heterocycles. The van der Waals surface area contributed by atoms with Crippen LogP contribution in [0.15, 0.2) is 48.5 Å². The minimum atomic E-state index is -3.35. The van der Waals surface area contributed by atoms with Crippen LogP contribution in [0.5, 0.6) is 0 Å². The van der Waals surface area contributed by atoms with Crippen molar-refractivity contribution in [3.05, 3.63) is 58.6 Å². The van der Waals surface area contributed by atoms with Crippen LogP contribution in [0.3, 0.4) is 0 Å². The van der Waals surface area contributed by atoms with Crippen LogP contribution in [0, 0.1) is 0 Å². The van der Waals surface area contributed by atoms with Crippen LogP contribution in [0.2, 0.25) is 10.0 Å². The van der Waals surface area contributed by atoms with Crippen LogP contribution in [-0.4, -0.2) is 17.7 Å². The van der Waals surface area contributed by atoms with E-state index in [4.69, 9.17) is 27.9 Å².